The van der Waals surface area contributed by atoms with Crippen molar-refractivity contribution in [1.82, 2.24) is 25.4 Å². The number of fused-ring (bicyclic) bond motifs is 1. The van der Waals surface area contributed by atoms with Gasteiger partial charge in [0, 0.05) is 25.2 Å². The Labute approximate surface area is 183 Å². The molecular formula is C22H22N6O2S. The van der Waals surface area contributed by atoms with E-state index in [0.29, 0.717) is 17.4 Å². The zero-order valence-corrected chi connectivity index (χ0v) is 18.1. The number of hydrogen-bond acceptors (Lipinski definition) is 8. The van der Waals surface area contributed by atoms with E-state index in [1.165, 1.54) is 11.3 Å². The number of anilines is 1. The highest BCUT2D eigenvalue weighted by Crippen LogP contribution is 2.34. The minimum Gasteiger partial charge on any atom is -0.348 e. The molecular weight excluding hydrogens is 412 g/mol. The molecule has 158 valence electrons. The van der Waals surface area contributed by atoms with Crippen molar-refractivity contribution in [3.05, 3.63) is 54.0 Å². The largest absolute Gasteiger partial charge is 0.348 e. The highest BCUT2D eigenvalue weighted by molar-refractivity contribution is 7.22. The Morgan fingerprint density at radius 2 is 2.13 bits per heavy atom. The number of benzene rings is 1. The Bertz CT molecular complexity index is 1220. The van der Waals surface area contributed by atoms with Gasteiger partial charge in [-0.25, -0.2) is 4.98 Å². The van der Waals surface area contributed by atoms with Gasteiger partial charge in [0.25, 0.3) is 0 Å². The number of aryl methyl sites for hydroxylation is 1. The predicted octanol–water partition coefficient (Wildman–Crippen LogP) is 3.90. The maximum Gasteiger partial charge on any atom is 0.243 e. The molecule has 5 rings (SSSR count). The lowest BCUT2D eigenvalue weighted by molar-refractivity contribution is -0.122. The molecule has 0 saturated carbocycles. The van der Waals surface area contributed by atoms with Crippen LogP contribution in [0.5, 0.6) is 0 Å². The van der Waals surface area contributed by atoms with Gasteiger partial charge in [-0.05, 0) is 31.4 Å². The van der Waals surface area contributed by atoms with Gasteiger partial charge in [-0.15, -0.1) is 0 Å². The number of nitrogens with zero attached hydrogens (tertiary/aromatic N) is 5. The molecule has 1 aliphatic heterocycles. The molecule has 0 unspecified atom stereocenters. The van der Waals surface area contributed by atoms with Crippen LogP contribution in [0.25, 0.3) is 21.7 Å². The lowest BCUT2D eigenvalue weighted by Gasteiger charge is -2.25. The molecule has 1 amide bonds. The van der Waals surface area contributed by atoms with Crippen LogP contribution in [0.4, 0.5) is 5.13 Å². The Morgan fingerprint density at radius 1 is 1.29 bits per heavy atom. The number of nitrogens with one attached hydrogen (secondary N) is 1. The second-order valence-corrected chi connectivity index (χ2v) is 8.68. The third kappa shape index (κ3) is 3.88. The van der Waals surface area contributed by atoms with Crippen LogP contribution >= 0.6 is 11.3 Å². The molecule has 0 aliphatic carbocycles. The predicted molar refractivity (Wildman–Crippen MR) is 119 cm³/mol. The van der Waals surface area contributed by atoms with E-state index in [-0.39, 0.29) is 18.0 Å². The number of aromatic nitrogens is 4. The first-order chi connectivity index (χ1) is 15.1. The van der Waals surface area contributed by atoms with Crippen molar-refractivity contribution in [3.63, 3.8) is 0 Å². The molecule has 9 heteroatoms. The second-order valence-electron chi connectivity index (χ2n) is 7.67. The highest BCUT2D eigenvalue weighted by Gasteiger charge is 2.33. The lowest BCUT2D eigenvalue weighted by Crippen LogP contribution is -2.44. The van der Waals surface area contributed by atoms with E-state index >= 15 is 0 Å². The zero-order valence-electron chi connectivity index (χ0n) is 17.3. The number of rotatable bonds is 5. The number of carbonyl (C=O) groups is 1. The summed E-state index contributed by atoms with van der Waals surface area (Å²) < 4.78 is 6.00. The van der Waals surface area contributed by atoms with E-state index in [4.69, 9.17) is 9.51 Å². The van der Waals surface area contributed by atoms with Crippen molar-refractivity contribution in [3.8, 4) is 11.4 Å². The van der Waals surface area contributed by atoms with Crippen LogP contribution in [-0.4, -0.2) is 38.6 Å². The molecule has 1 N–H and O–H groups in total. The van der Waals surface area contributed by atoms with Crippen LogP contribution in [0, 0.1) is 6.92 Å². The molecule has 2 atom stereocenters. The van der Waals surface area contributed by atoms with Gasteiger partial charge >= 0.3 is 0 Å². The number of amides is 1. The Hall–Kier alpha value is -3.33. The molecule has 0 bridgehead atoms. The maximum atomic E-state index is 13.1. The molecule has 4 aromatic rings. The van der Waals surface area contributed by atoms with E-state index in [1.54, 1.807) is 13.1 Å². The van der Waals surface area contributed by atoms with Crippen LogP contribution in [0.2, 0.25) is 0 Å². The fourth-order valence-corrected chi connectivity index (χ4v) is 4.91. The maximum absolute atomic E-state index is 13.1. The summed E-state index contributed by atoms with van der Waals surface area (Å²) in [6, 6.07) is 11.7. The first kappa shape index (κ1) is 19.6. The number of thiazole rings is 1. The molecule has 1 fully saturated rings. The standard InChI is InChI=1S/C22H22N6O2S/c1-13(15-7-4-3-5-8-15)24-21(29)17-9-6-10-28(17)22-26-20-18(31-22)11-16(12-23-20)19-25-14(2)30-27-19/h3-5,7-8,11-13,17H,6,9-10H2,1-2H3,(H,24,29)/t13-,17-/m1/s1. The van der Waals surface area contributed by atoms with Crippen molar-refractivity contribution < 1.29 is 9.32 Å². The topological polar surface area (TPSA) is 97.0 Å². The second kappa shape index (κ2) is 8.07. The van der Waals surface area contributed by atoms with Gasteiger partial charge in [-0.3, -0.25) is 4.79 Å². The zero-order chi connectivity index (χ0) is 21.4. The number of hydrogen-bond donors (Lipinski definition) is 1. The van der Waals surface area contributed by atoms with Crippen LogP contribution in [0.15, 0.2) is 47.1 Å². The van der Waals surface area contributed by atoms with Gasteiger partial charge in [0.05, 0.1) is 10.7 Å². The number of carbonyl (C=O) groups excluding carboxylic acids is 1. The normalized spacial score (nSPS) is 17.2. The fourth-order valence-electron chi connectivity index (χ4n) is 3.87. The van der Waals surface area contributed by atoms with E-state index in [0.717, 1.165) is 40.3 Å². The average molecular weight is 435 g/mol. The highest BCUT2D eigenvalue weighted by atomic mass is 32.1. The van der Waals surface area contributed by atoms with Crippen LogP contribution in [0.1, 0.15) is 37.3 Å². The quantitative estimate of drug-likeness (QED) is 0.509. The minimum atomic E-state index is -0.231. The summed E-state index contributed by atoms with van der Waals surface area (Å²) in [5.74, 6) is 1.05. The van der Waals surface area contributed by atoms with Crippen molar-refractivity contribution >= 4 is 32.7 Å². The van der Waals surface area contributed by atoms with Gasteiger partial charge in [-0.2, -0.15) is 9.97 Å². The van der Waals surface area contributed by atoms with Gasteiger partial charge < -0.3 is 14.7 Å². The molecule has 8 nitrogen and oxygen atoms in total. The molecule has 0 radical (unpaired) electrons. The van der Waals surface area contributed by atoms with E-state index in [2.05, 4.69) is 25.3 Å². The molecule has 3 aromatic heterocycles. The smallest absolute Gasteiger partial charge is 0.243 e. The first-order valence-corrected chi connectivity index (χ1v) is 11.1. The molecule has 1 aliphatic rings. The molecule has 1 saturated heterocycles. The van der Waals surface area contributed by atoms with Crippen molar-refractivity contribution in [2.75, 3.05) is 11.4 Å². The third-order valence-electron chi connectivity index (χ3n) is 5.48. The third-order valence-corrected chi connectivity index (χ3v) is 6.51. The van der Waals surface area contributed by atoms with Crippen LogP contribution < -0.4 is 10.2 Å². The Balaban J connectivity index is 1.36. The summed E-state index contributed by atoms with van der Waals surface area (Å²) in [5, 5.41) is 7.93. The molecule has 1 aromatic carbocycles. The minimum absolute atomic E-state index is 0.0315. The van der Waals surface area contributed by atoms with E-state index in [1.807, 2.05) is 43.3 Å². The molecule has 0 spiro atoms. The molecule has 4 heterocycles. The first-order valence-electron chi connectivity index (χ1n) is 10.3. The van der Waals surface area contributed by atoms with Gasteiger partial charge in [0.2, 0.25) is 17.6 Å². The lowest BCUT2D eigenvalue weighted by atomic mass is 10.1. The van der Waals surface area contributed by atoms with Gasteiger partial charge in [0.1, 0.15) is 6.04 Å². The van der Waals surface area contributed by atoms with Gasteiger partial charge in [-0.1, -0.05) is 46.8 Å². The van der Waals surface area contributed by atoms with Crippen LogP contribution in [-0.2, 0) is 4.79 Å². The van der Waals surface area contributed by atoms with Crippen molar-refractivity contribution in [2.24, 2.45) is 0 Å². The Morgan fingerprint density at radius 3 is 2.90 bits per heavy atom. The monoisotopic (exact) mass is 434 g/mol. The fraction of sp³-hybridized carbons (Fsp3) is 0.318. The SMILES string of the molecule is Cc1nc(-c2cnc3nc(N4CCC[C@@H]4C(=O)N[C@H](C)c4ccccc4)sc3c2)no1. The average Bonchev–Trinajstić information content (AvgIpc) is 3.52. The van der Waals surface area contributed by atoms with Crippen LogP contribution in [0.3, 0.4) is 0 Å². The summed E-state index contributed by atoms with van der Waals surface area (Å²) in [7, 11) is 0. The molecule has 31 heavy (non-hydrogen) atoms. The summed E-state index contributed by atoms with van der Waals surface area (Å²) in [5.41, 5.74) is 2.54. The summed E-state index contributed by atoms with van der Waals surface area (Å²) in [6.07, 6.45) is 3.46. The summed E-state index contributed by atoms with van der Waals surface area (Å²) >= 11 is 1.53. The van der Waals surface area contributed by atoms with E-state index < -0.39 is 0 Å². The Kier molecular flexibility index (Phi) is 5.11. The van der Waals surface area contributed by atoms with Crippen molar-refractivity contribution in [2.45, 2.75) is 38.8 Å². The summed E-state index contributed by atoms with van der Waals surface area (Å²) in [6.45, 7) is 4.56. The van der Waals surface area contributed by atoms with Crippen molar-refractivity contribution in [1.29, 1.82) is 0 Å². The van der Waals surface area contributed by atoms with Gasteiger partial charge in [0.15, 0.2) is 10.8 Å². The number of pyridine rings is 1. The van der Waals surface area contributed by atoms with E-state index in [9.17, 15) is 4.79 Å². The summed E-state index contributed by atoms with van der Waals surface area (Å²) in [4.78, 5) is 28.6.